The van der Waals surface area contributed by atoms with Crippen molar-refractivity contribution in [3.8, 4) is 0 Å². The molecular formula is C12H20N2O2. The lowest BCUT2D eigenvalue weighted by atomic mass is 10.1. The van der Waals surface area contributed by atoms with Crippen LogP contribution in [0.25, 0.3) is 0 Å². The van der Waals surface area contributed by atoms with Crippen LogP contribution in [0.2, 0.25) is 0 Å². The lowest BCUT2D eigenvalue weighted by Crippen LogP contribution is -2.35. The third-order valence-electron chi connectivity index (χ3n) is 3.14. The van der Waals surface area contributed by atoms with Crippen molar-refractivity contribution in [2.75, 3.05) is 26.7 Å². The van der Waals surface area contributed by atoms with Crippen LogP contribution in [0.3, 0.4) is 0 Å². The third kappa shape index (κ3) is 2.64. The van der Waals surface area contributed by atoms with E-state index in [1.807, 2.05) is 12.1 Å². The molecule has 1 aliphatic heterocycles. The number of nitrogens with zero attached hydrogens (tertiary/aromatic N) is 1. The van der Waals surface area contributed by atoms with Gasteiger partial charge in [-0.25, -0.2) is 0 Å². The van der Waals surface area contributed by atoms with Gasteiger partial charge in [-0.15, -0.1) is 0 Å². The van der Waals surface area contributed by atoms with Gasteiger partial charge in [0.1, 0.15) is 5.76 Å². The van der Waals surface area contributed by atoms with Crippen molar-refractivity contribution in [1.29, 1.82) is 0 Å². The molecule has 0 radical (unpaired) electrons. The molecule has 1 aromatic rings. The Balaban J connectivity index is 1.93. The van der Waals surface area contributed by atoms with Crippen LogP contribution in [0, 0.1) is 0 Å². The number of nitrogens with two attached hydrogens (primary N) is 1. The molecule has 2 atom stereocenters. The summed E-state index contributed by atoms with van der Waals surface area (Å²) in [5.74, 6) is 0.933. The van der Waals surface area contributed by atoms with Crippen molar-refractivity contribution in [2.24, 2.45) is 5.73 Å². The second kappa shape index (κ2) is 5.48. The largest absolute Gasteiger partial charge is 0.468 e. The SMILES string of the molecule is CN(CC1CCCO1)C(CN)c1ccco1. The molecule has 0 bridgehead atoms. The summed E-state index contributed by atoms with van der Waals surface area (Å²) in [6, 6.07) is 4.03. The molecule has 0 aliphatic carbocycles. The van der Waals surface area contributed by atoms with E-state index in [0.717, 1.165) is 25.3 Å². The Labute approximate surface area is 96.4 Å². The van der Waals surface area contributed by atoms with Crippen LogP contribution in [0.4, 0.5) is 0 Å². The zero-order chi connectivity index (χ0) is 11.4. The van der Waals surface area contributed by atoms with E-state index < -0.39 is 0 Å². The summed E-state index contributed by atoms with van der Waals surface area (Å²) < 4.78 is 11.0. The van der Waals surface area contributed by atoms with Crippen molar-refractivity contribution < 1.29 is 9.15 Å². The molecule has 2 unspecified atom stereocenters. The van der Waals surface area contributed by atoms with Gasteiger partial charge in [0.05, 0.1) is 18.4 Å². The average Bonchev–Trinajstić information content (AvgIpc) is 2.91. The van der Waals surface area contributed by atoms with Gasteiger partial charge in [0.2, 0.25) is 0 Å². The van der Waals surface area contributed by atoms with Crippen molar-refractivity contribution in [1.82, 2.24) is 4.90 Å². The van der Waals surface area contributed by atoms with Crippen molar-refractivity contribution in [3.63, 3.8) is 0 Å². The summed E-state index contributed by atoms with van der Waals surface area (Å²) in [7, 11) is 2.07. The van der Waals surface area contributed by atoms with Crippen LogP contribution in [0.5, 0.6) is 0 Å². The molecule has 4 heteroatoms. The zero-order valence-electron chi connectivity index (χ0n) is 9.76. The summed E-state index contributed by atoms with van der Waals surface area (Å²) in [4.78, 5) is 2.22. The molecule has 16 heavy (non-hydrogen) atoms. The number of rotatable bonds is 5. The topological polar surface area (TPSA) is 51.6 Å². The predicted molar refractivity (Wildman–Crippen MR) is 62.1 cm³/mol. The molecule has 2 N–H and O–H groups in total. The van der Waals surface area contributed by atoms with Gasteiger partial charge in [-0.2, -0.15) is 0 Å². The first-order valence-electron chi connectivity index (χ1n) is 5.86. The van der Waals surface area contributed by atoms with Gasteiger partial charge in [-0.1, -0.05) is 0 Å². The quantitative estimate of drug-likeness (QED) is 0.821. The van der Waals surface area contributed by atoms with Crippen LogP contribution in [0.1, 0.15) is 24.6 Å². The molecule has 0 saturated carbocycles. The lowest BCUT2D eigenvalue weighted by Gasteiger charge is -2.27. The first-order chi connectivity index (χ1) is 7.81. The van der Waals surface area contributed by atoms with E-state index in [0.29, 0.717) is 12.6 Å². The average molecular weight is 224 g/mol. The van der Waals surface area contributed by atoms with Crippen molar-refractivity contribution >= 4 is 0 Å². The molecule has 0 amide bonds. The van der Waals surface area contributed by atoms with Gasteiger partial charge in [0.15, 0.2) is 0 Å². The molecule has 1 aromatic heterocycles. The minimum atomic E-state index is 0.152. The van der Waals surface area contributed by atoms with Gasteiger partial charge >= 0.3 is 0 Å². The normalized spacial score (nSPS) is 22.8. The fourth-order valence-electron chi connectivity index (χ4n) is 2.23. The summed E-state index contributed by atoms with van der Waals surface area (Å²) in [5.41, 5.74) is 5.80. The van der Waals surface area contributed by atoms with Gasteiger partial charge in [-0.05, 0) is 32.0 Å². The number of likely N-dealkylation sites (N-methyl/N-ethyl adjacent to an activating group) is 1. The molecule has 1 saturated heterocycles. The Hall–Kier alpha value is -0.840. The van der Waals surface area contributed by atoms with Gasteiger partial charge in [-0.3, -0.25) is 4.90 Å². The van der Waals surface area contributed by atoms with Crippen LogP contribution in [-0.2, 0) is 4.74 Å². The Morgan fingerprint density at radius 2 is 2.50 bits per heavy atom. The van der Waals surface area contributed by atoms with Crippen LogP contribution in [0.15, 0.2) is 22.8 Å². The predicted octanol–water partition coefficient (Wildman–Crippen LogP) is 1.39. The number of hydrogen-bond acceptors (Lipinski definition) is 4. The van der Waals surface area contributed by atoms with E-state index in [1.165, 1.54) is 6.42 Å². The van der Waals surface area contributed by atoms with E-state index in [1.54, 1.807) is 6.26 Å². The van der Waals surface area contributed by atoms with Crippen molar-refractivity contribution in [2.45, 2.75) is 25.0 Å². The highest BCUT2D eigenvalue weighted by molar-refractivity contribution is 5.05. The summed E-state index contributed by atoms with van der Waals surface area (Å²) in [6.07, 6.45) is 4.37. The Kier molecular flexibility index (Phi) is 3.98. The van der Waals surface area contributed by atoms with Gasteiger partial charge < -0.3 is 14.9 Å². The zero-order valence-corrected chi connectivity index (χ0v) is 9.76. The highest BCUT2D eigenvalue weighted by atomic mass is 16.5. The maximum atomic E-state index is 5.80. The molecule has 1 fully saturated rings. The molecule has 2 heterocycles. The highest BCUT2D eigenvalue weighted by Gasteiger charge is 2.23. The Morgan fingerprint density at radius 3 is 3.06 bits per heavy atom. The highest BCUT2D eigenvalue weighted by Crippen LogP contribution is 2.21. The van der Waals surface area contributed by atoms with E-state index >= 15 is 0 Å². The van der Waals surface area contributed by atoms with Crippen LogP contribution >= 0.6 is 0 Å². The second-order valence-corrected chi connectivity index (χ2v) is 4.34. The standard InChI is InChI=1S/C12H20N2O2/c1-14(9-10-4-2-6-15-10)11(8-13)12-5-3-7-16-12/h3,5,7,10-11H,2,4,6,8-9,13H2,1H3. The maximum Gasteiger partial charge on any atom is 0.122 e. The minimum Gasteiger partial charge on any atom is -0.468 e. The first-order valence-corrected chi connectivity index (χ1v) is 5.86. The smallest absolute Gasteiger partial charge is 0.122 e. The Morgan fingerprint density at radius 1 is 1.62 bits per heavy atom. The molecule has 0 aromatic carbocycles. The molecule has 90 valence electrons. The minimum absolute atomic E-state index is 0.152. The second-order valence-electron chi connectivity index (χ2n) is 4.34. The summed E-state index contributed by atoms with van der Waals surface area (Å²) in [6.45, 7) is 2.38. The van der Waals surface area contributed by atoms with Crippen molar-refractivity contribution in [3.05, 3.63) is 24.2 Å². The molecule has 4 nitrogen and oxygen atoms in total. The van der Waals surface area contributed by atoms with Crippen LogP contribution in [-0.4, -0.2) is 37.7 Å². The maximum absolute atomic E-state index is 5.80. The molecule has 0 spiro atoms. The first kappa shape index (κ1) is 11.6. The number of hydrogen-bond donors (Lipinski definition) is 1. The van der Waals surface area contributed by atoms with E-state index in [4.69, 9.17) is 14.9 Å². The van der Waals surface area contributed by atoms with E-state index in [-0.39, 0.29) is 6.04 Å². The van der Waals surface area contributed by atoms with E-state index in [2.05, 4.69) is 11.9 Å². The van der Waals surface area contributed by atoms with Crippen LogP contribution < -0.4 is 5.73 Å². The molecule has 2 rings (SSSR count). The number of furan rings is 1. The monoisotopic (exact) mass is 224 g/mol. The molecule has 1 aliphatic rings. The lowest BCUT2D eigenvalue weighted by molar-refractivity contribution is 0.0655. The third-order valence-corrected chi connectivity index (χ3v) is 3.14. The molecular weight excluding hydrogens is 204 g/mol. The Bertz CT molecular complexity index is 294. The van der Waals surface area contributed by atoms with Gasteiger partial charge in [0, 0.05) is 19.7 Å². The number of ether oxygens (including phenoxy) is 1. The van der Waals surface area contributed by atoms with Gasteiger partial charge in [0.25, 0.3) is 0 Å². The summed E-state index contributed by atoms with van der Waals surface area (Å²) >= 11 is 0. The van der Waals surface area contributed by atoms with E-state index in [9.17, 15) is 0 Å². The fraction of sp³-hybridized carbons (Fsp3) is 0.667. The fourth-order valence-corrected chi connectivity index (χ4v) is 2.23. The summed E-state index contributed by atoms with van der Waals surface area (Å²) in [5, 5.41) is 0.